The van der Waals surface area contributed by atoms with Gasteiger partial charge in [-0.3, -0.25) is 0 Å². The SMILES string of the molecule is CCN1\C(=C/C=N/N=C(\O)c2ccccc2)C(C)(Cc2ccc(F)c(Cl)c2)c2cc(OC)ccc21.[Co]. The zero-order valence-corrected chi connectivity index (χ0v) is 22.0. The van der Waals surface area contributed by atoms with Crippen LogP contribution < -0.4 is 9.64 Å². The van der Waals surface area contributed by atoms with Crippen LogP contribution in [0.25, 0.3) is 0 Å². The summed E-state index contributed by atoms with van der Waals surface area (Å²) in [6.45, 7) is 4.96. The van der Waals surface area contributed by atoms with Crippen molar-refractivity contribution in [2.45, 2.75) is 25.7 Å². The van der Waals surface area contributed by atoms with Crippen LogP contribution in [0.3, 0.4) is 0 Å². The molecule has 0 fully saturated rings. The quantitative estimate of drug-likeness (QED) is 0.202. The molecule has 0 spiro atoms. The van der Waals surface area contributed by atoms with Gasteiger partial charge in [0.1, 0.15) is 11.6 Å². The summed E-state index contributed by atoms with van der Waals surface area (Å²) < 4.78 is 19.3. The molecular formula is C28H27ClCoFN3O2. The molecule has 0 amide bonds. The van der Waals surface area contributed by atoms with Crippen LogP contribution in [-0.4, -0.2) is 30.9 Å². The molecule has 0 saturated heterocycles. The summed E-state index contributed by atoms with van der Waals surface area (Å²) >= 11 is 6.09. The third kappa shape index (κ3) is 5.48. The third-order valence-corrected chi connectivity index (χ3v) is 6.58. The van der Waals surface area contributed by atoms with Gasteiger partial charge in [-0.05, 0) is 79.9 Å². The van der Waals surface area contributed by atoms with E-state index in [9.17, 15) is 9.50 Å². The van der Waals surface area contributed by atoms with E-state index in [1.165, 1.54) is 6.07 Å². The molecule has 1 atom stereocenters. The summed E-state index contributed by atoms with van der Waals surface area (Å²) in [7, 11) is 1.64. The Kier molecular flexibility index (Phi) is 8.95. The van der Waals surface area contributed by atoms with Crippen molar-refractivity contribution in [1.29, 1.82) is 0 Å². The Morgan fingerprint density at radius 1 is 1.14 bits per heavy atom. The van der Waals surface area contributed by atoms with Gasteiger partial charge in [-0.15, -0.1) is 5.10 Å². The van der Waals surface area contributed by atoms with E-state index in [-0.39, 0.29) is 27.7 Å². The van der Waals surface area contributed by atoms with Crippen molar-refractivity contribution in [1.82, 2.24) is 0 Å². The van der Waals surface area contributed by atoms with Crippen LogP contribution >= 0.6 is 11.6 Å². The first kappa shape index (κ1) is 27.5. The second kappa shape index (κ2) is 11.7. The Labute approximate surface area is 226 Å². The number of benzene rings is 3. The van der Waals surface area contributed by atoms with Gasteiger partial charge in [-0.1, -0.05) is 35.9 Å². The largest absolute Gasteiger partial charge is 0.497 e. The molecule has 189 valence electrons. The molecule has 0 saturated carbocycles. The van der Waals surface area contributed by atoms with Crippen LogP contribution in [0.15, 0.2) is 88.7 Å². The maximum absolute atomic E-state index is 13.8. The minimum atomic E-state index is -0.474. The standard InChI is InChI=1S/C28H27ClFN3O2.Co/c1-4-33-25-13-11-21(35-3)17-22(25)28(2,18-19-10-12-24(30)23(29)16-19)26(33)14-15-31-32-27(34)20-8-6-5-7-9-20;/h5-17H,4,18H2,1-3H3,(H,32,34);/b26-14-,31-15+;. The molecule has 8 heteroatoms. The Morgan fingerprint density at radius 2 is 1.89 bits per heavy atom. The second-order valence-corrected chi connectivity index (χ2v) is 8.90. The van der Waals surface area contributed by atoms with E-state index in [1.807, 2.05) is 42.5 Å². The number of nitrogens with zero attached hydrogens (tertiary/aromatic N) is 3. The van der Waals surface area contributed by atoms with Crippen molar-refractivity contribution in [3.8, 4) is 5.75 Å². The summed E-state index contributed by atoms with van der Waals surface area (Å²) in [5.74, 6) is 0.162. The van der Waals surface area contributed by atoms with Crippen molar-refractivity contribution in [3.05, 3.63) is 106 Å². The molecule has 3 aromatic rings. The number of aliphatic hydroxyl groups excluding tert-OH is 1. The van der Waals surface area contributed by atoms with Crippen LogP contribution in [0.4, 0.5) is 10.1 Å². The van der Waals surface area contributed by atoms with Gasteiger partial charge in [-0.2, -0.15) is 5.10 Å². The van der Waals surface area contributed by atoms with Crippen LogP contribution in [0.2, 0.25) is 5.02 Å². The van der Waals surface area contributed by atoms with Crippen LogP contribution in [0.1, 0.15) is 30.5 Å². The molecule has 4 rings (SSSR count). The number of rotatable bonds is 7. The number of methoxy groups -OCH3 is 1. The molecule has 0 aliphatic carbocycles. The molecule has 1 unspecified atom stereocenters. The maximum Gasteiger partial charge on any atom is 0.238 e. The number of halogens is 2. The number of hydrogen-bond acceptors (Lipinski definition) is 4. The van der Waals surface area contributed by atoms with Crippen LogP contribution in [-0.2, 0) is 28.6 Å². The van der Waals surface area contributed by atoms with E-state index < -0.39 is 11.2 Å². The van der Waals surface area contributed by atoms with Crippen molar-refractivity contribution < 1.29 is 31.0 Å². The summed E-state index contributed by atoms with van der Waals surface area (Å²) in [5.41, 5.74) is 4.19. The topological polar surface area (TPSA) is 57.4 Å². The number of allylic oxidation sites excluding steroid dienone is 2. The molecule has 1 heterocycles. The van der Waals surface area contributed by atoms with Crippen molar-refractivity contribution in [2.24, 2.45) is 10.2 Å². The molecule has 1 N–H and O–H groups in total. The van der Waals surface area contributed by atoms with E-state index in [4.69, 9.17) is 16.3 Å². The van der Waals surface area contributed by atoms with E-state index in [2.05, 4.69) is 29.0 Å². The number of likely N-dealkylation sites (N-methyl/N-ethyl adjacent to an activating group) is 1. The van der Waals surface area contributed by atoms with E-state index in [1.54, 1.807) is 37.6 Å². The van der Waals surface area contributed by atoms with Gasteiger partial charge in [0.2, 0.25) is 5.90 Å². The van der Waals surface area contributed by atoms with Gasteiger partial charge in [0.05, 0.1) is 18.3 Å². The van der Waals surface area contributed by atoms with Gasteiger partial charge in [0.25, 0.3) is 0 Å². The summed E-state index contributed by atoms with van der Waals surface area (Å²) in [6, 6.07) is 19.9. The zero-order chi connectivity index (χ0) is 25.0. The Hall–Kier alpha value is -3.13. The molecule has 3 aromatic carbocycles. The number of hydrogen-bond donors (Lipinski definition) is 1. The van der Waals surface area contributed by atoms with Crippen molar-refractivity contribution in [3.63, 3.8) is 0 Å². The van der Waals surface area contributed by atoms with Gasteiger partial charge in [0, 0.05) is 45.7 Å². The monoisotopic (exact) mass is 550 g/mol. The van der Waals surface area contributed by atoms with Gasteiger partial charge < -0.3 is 14.7 Å². The number of ether oxygens (including phenoxy) is 1. The Balaban J connectivity index is 0.00000361. The van der Waals surface area contributed by atoms with Gasteiger partial charge in [-0.25, -0.2) is 4.39 Å². The number of aliphatic hydroxyl groups is 1. The van der Waals surface area contributed by atoms with Crippen LogP contribution in [0, 0.1) is 5.82 Å². The Bertz CT molecular complexity index is 1310. The average molecular weight is 551 g/mol. The summed E-state index contributed by atoms with van der Waals surface area (Å²) in [4.78, 5) is 2.21. The first-order chi connectivity index (χ1) is 16.9. The third-order valence-electron chi connectivity index (χ3n) is 6.29. The zero-order valence-electron chi connectivity index (χ0n) is 20.2. The van der Waals surface area contributed by atoms with Crippen molar-refractivity contribution >= 4 is 29.4 Å². The van der Waals surface area contributed by atoms with Gasteiger partial charge >= 0.3 is 0 Å². The fourth-order valence-electron chi connectivity index (χ4n) is 4.58. The summed E-state index contributed by atoms with van der Waals surface area (Å²) in [6.07, 6.45) is 4.07. The molecule has 0 aromatic heterocycles. The van der Waals surface area contributed by atoms with E-state index in [0.717, 1.165) is 34.8 Å². The summed E-state index contributed by atoms with van der Waals surface area (Å²) in [5, 5.41) is 18.3. The minimum Gasteiger partial charge on any atom is -0.497 e. The predicted octanol–water partition coefficient (Wildman–Crippen LogP) is 6.70. The van der Waals surface area contributed by atoms with E-state index in [0.29, 0.717) is 12.0 Å². The maximum atomic E-state index is 13.8. The number of anilines is 1. The second-order valence-electron chi connectivity index (χ2n) is 8.49. The molecule has 1 aliphatic rings. The molecule has 1 radical (unpaired) electrons. The number of fused-ring (bicyclic) bond motifs is 1. The van der Waals surface area contributed by atoms with E-state index >= 15 is 0 Å². The smallest absolute Gasteiger partial charge is 0.238 e. The van der Waals surface area contributed by atoms with Crippen molar-refractivity contribution in [2.75, 3.05) is 18.6 Å². The van der Waals surface area contributed by atoms with Gasteiger partial charge in [0.15, 0.2) is 0 Å². The first-order valence-electron chi connectivity index (χ1n) is 11.3. The minimum absolute atomic E-state index is 0. The average Bonchev–Trinajstić information content (AvgIpc) is 3.10. The molecule has 1 aliphatic heterocycles. The molecular weight excluding hydrogens is 524 g/mol. The fraction of sp³-hybridized carbons (Fsp3) is 0.214. The molecule has 36 heavy (non-hydrogen) atoms. The molecule has 0 bridgehead atoms. The fourth-order valence-corrected chi connectivity index (χ4v) is 4.78. The normalized spacial score (nSPS) is 18.4. The van der Waals surface area contributed by atoms with Crippen LogP contribution in [0.5, 0.6) is 5.75 Å². The first-order valence-corrected chi connectivity index (χ1v) is 11.7. The molecule has 5 nitrogen and oxygen atoms in total. The Morgan fingerprint density at radius 3 is 2.56 bits per heavy atom. The predicted molar refractivity (Wildman–Crippen MR) is 141 cm³/mol.